The van der Waals surface area contributed by atoms with E-state index in [0.29, 0.717) is 11.1 Å². The summed E-state index contributed by atoms with van der Waals surface area (Å²) in [6.07, 6.45) is 2.58. The number of nitrogens with one attached hydrogen (secondary N) is 1. The van der Waals surface area contributed by atoms with Crippen molar-refractivity contribution in [2.45, 2.75) is 66.8 Å². The summed E-state index contributed by atoms with van der Waals surface area (Å²) in [5, 5.41) is 1.56. The first kappa shape index (κ1) is 22.7. The Bertz CT molecular complexity index is 838. The third-order valence-electron chi connectivity index (χ3n) is 5.14. The molecule has 156 valence electrons. The Labute approximate surface area is 175 Å². The SMILES string of the molecule is CCC[C@H](N(NC(=O)c1ccccc1)C(=O)c1cc(C)cc(CC)c1)C(C)(C)C. The lowest BCUT2D eigenvalue weighted by Gasteiger charge is -2.40. The van der Waals surface area contributed by atoms with Gasteiger partial charge in [0, 0.05) is 11.1 Å². The monoisotopic (exact) mass is 394 g/mol. The molecule has 0 saturated heterocycles. The van der Waals surface area contributed by atoms with Crippen LogP contribution >= 0.6 is 0 Å². The van der Waals surface area contributed by atoms with Gasteiger partial charge in [0.15, 0.2) is 0 Å². The number of amides is 2. The first-order valence-electron chi connectivity index (χ1n) is 10.5. The number of hydrogen-bond donors (Lipinski definition) is 1. The first-order chi connectivity index (χ1) is 13.7. The highest BCUT2D eigenvalue weighted by Crippen LogP contribution is 2.29. The van der Waals surface area contributed by atoms with Crippen LogP contribution in [0.3, 0.4) is 0 Å². The van der Waals surface area contributed by atoms with Crippen LogP contribution in [0.1, 0.15) is 79.3 Å². The Morgan fingerprint density at radius 1 is 1.00 bits per heavy atom. The van der Waals surface area contributed by atoms with Gasteiger partial charge in [0.05, 0.1) is 6.04 Å². The molecule has 2 rings (SSSR count). The molecule has 0 aliphatic heterocycles. The van der Waals surface area contributed by atoms with Crippen molar-refractivity contribution in [3.63, 3.8) is 0 Å². The number of hydrogen-bond acceptors (Lipinski definition) is 2. The number of hydrazine groups is 1. The van der Waals surface area contributed by atoms with Crippen LogP contribution in [0.2, 0.25) is 0 Å². The highest BCUT2D eigenvalue weighted by molar-refractivity contribution is 5.99. The van der Waals surface area contributed by atoms with Crippen molar-refractivity contribution in [1.82, 2.24) is 10.4 Å². The maximum atomic E-state index is 13.6. The van der Waals surface area contributed by atoms with Crippen molar-refractivity contribution < 1.29 is 9.59 Å². The number of carbonyl (C=O) groups is 2. The van der Waals surface area contributed by atoms with Gasteiger partial charge in [0.1, 0.15) is 0 Å². The molecule has 0 fully saturated rings. The number of benzene rings is 2. The van der Waals surface area contributed by atoms with Crippen LogP contribution in [0, 0.1) is 12.3 Å². The van der Waals surface area contributed by atoms with E-state index in [1.54, 1.807) is 17.1 Å². The minimum Gasteiger partial charge on any atom is -0.267 e. The van der Waals surface area contributed by atoms with Crippen molar-refractivity contribution in [1.29, 1.82) is 0 Å². The summed E-state index contributed by atoms with van der Waals surface area (Å²) >= 11 is 0. The zero-order valence-electron chi connectivity index (χ0n) is 18.6. The van der Waals surface area contributed by atoms with Crippen LogP contribution in [-0.2, 0) is 6.42 Å². The van der Waals surface area contributed by atoms with Crippen LogP contribution in [0.25, 0.3) is 0 Å². The molecule has 0 spiro atoms. The summed E-state index contributed by atoms with van der Waals surface area (Å²) < 4.78 is 0. The average molecular weight is 395 g/mol. The van der Waals surface area contributed by atoms with E-state index in [-0.39, 0.29) is 23.3 Å². The Balaban J connectivity index is 2.46. The Hall–Kier alpha value is -2.62. The van der Waals surface area contributed by atoms with Gasteiger partial charge in [-0.15, -0.1) is 0 Å². The summed E-state index contributed by atoms with van der Waals surface area (Å²) in [5.41, 5.74) is 6.05. The minimum atomic E-state index is -0.271. The molecular weight excluding hydrogens is 360 g/mol. The van der Waals surface area contributed by atoms with E-state index in [2.05, 4.69) is 46.1 Å². The van der Waals surface area contributed by atoms with Gasteiger partial charge in [-0.25, -0.2) is 5.01 Å². The molecule has 0 saturated carbocycles. The van der Waals surface area contributed by atoms with Crippen molar-refractivity contribution in [3.8, 4) is 0 Å². The zero-order valence-corrected chi connectivity index (χ0v) is 18.6. The number of nitrogens with zero attached hydrogens (tertiary/aromatic N) is 1. The van der Waals surface area contributed by atoms with E-state index in [0.717, 1.165) is 30.4 Å². The van der Waals surface area contributed by atoms with Gasteiger partial charge >= 0.3 is 0 Å². The smallest absolute Gasteiger partial charge is 0.267 e. The molecule has 0 aromatic heterocycles. The second kappa shape index (κ2) is 9.73. The fraction of sp³-hybridized carbons (Fsp3) is 0.440. The molecule has 1 atom stereocenters. The third-order valence-corrected chi connectivity index (χ3v) is 5.14. The van der Waals surface area contributed by atoms with Gasteiger partial charge in [-0.1, -0.05) is 70.9 Å². The third kappa shape index (κ3) is 5.93. The molecule has 0 aliphatic rings. The van der Waals surface area contributed by atoms with Gasteiger partial charge in [-0.2, -0.15) is 0 Å². The van der Waals surface area contributed by atoms with Crippen molar-refractivity contribution in [3.05, 3.63) is 70.8 Å². The summed E-state index contributed by atoms with van der Waals surface area (Å²) in [7, 11) is 0. The molecule has 0 bridgehead atoms. The van der Waals surface area contributed by atoms with Gasteiger partial charge in [0.2, 0.25) is 0 Å². The molecular formula is C25H34N2O2. The highest BCUT2D eigenvalue weighted by Gasteiger charge is 2.35. The summed E-state index contributed by atoms with van der Waals surface area (Å²) in [6.45, 7) is 12.5. The van der Waals surface area contributed by atoms with E-state index < -0.39 is 0 Å². The maximum absolute atomic E-state index is 13.6. The van der Waals surface area contributed by atoms with Crippen LogP contribution in [0.15, 0.2) is 48.5 Å². The molecule has 2 aromatic carbocycles. The van der Waals surface area contributed by atoms with Crippen molar-refractivity contribution in [2.24, 2.45) is 5.41 Å². The number of carbonyl (C=O) groups excluding carboxylic acids is 2. The minimum absolute atomic E-state index is 0.127. The van der Waals surface area contributed by atoms with Crippen LogP contribution in [0.5, 0.6) is 0 Å². The highest BCUT2D eigenvalue weighted by atomic mass is 16.2. The molecule has 0 aliphatic carbocycles. The normalized spacial score (nSPS) is 12.3. The molecule has 2 aromatic rings. The molecule has 0 radical (unpaired) electrons. The van der Waals surface area contributed by atoms with Crippen LogP contribution < -0.4 is 5.43 Å². The molecule has 29 heavy (non-hydrogen) atoms. The van der Waals surface area contributed by atoms with Crippen molar-refractivity contribution in [2.75, 3.05) is 0 Å². The predicted octanol–water partition coefficient (Wildman–Crippen LogP) is 5.56. The summed E-state index contributed by atoms with van der Waals surface area (Å²) in [4.78, 5) is 26.5. The topological polar surface area (TPSA) is 49.4 Å². The second-order valence-corrected chi connectivity index (χ2v) is 8.71. The molecule has 1 N–H and O–H groups in total. The number of rotatable bonds is 6. The van der Waals surface area contributed by atoms with Crippen molar-refractivity contribution >= 4 is 11.8 Å². The van der Waals surface area contributed by atoms with E-state index in [1.165, 1.54) is 0 Å². The molecule has 4 heteroatoms. The molecule has 4 nitrogen and oxygen atoms in total. The van der Waals surface area contributed by atoms with Gasteiger partial charge < -0.3 is 0 Å². The van der Waals surface area contributed by atoms with Crippen LogP contribution in [-0.4, -0.2) is 22.9 Å². The number of aryl methyl sites for hydroxylation is 2. The summed E-state index contributed by atoms with van der Waals surface area (Å²) in [5.74, 6) is -0.436. The first-order valence-corrected chi connectivity index (χ1v) is 10.5. The largest absolute Gasteiger partial charge is 0.272 e. The Kier molecular flexibility index (Phi) is 7.60. The lowest BCUT2D eigenvalue weighted by Crippen LogP contribution is -2.56. The van der Waals surface area contributed by atoms with E-state index in [9.17, 15) is 9.59 Å². The second-order valence-electron chi connectivity index (χ2n) is 8.71. The van der Waals surface area contributed by atoms with Crippen LogP contribution in [0.4, 0.5) is 0 Å². The molecule has 2 amide bonds. The Morgan fingerprint density at radius 2 is 1.66 bits per heavy atom. The summed E-state index contributed by atoms with van der Waals surface area (Å²) in [6, 6.07) is 14.8. The quantitative estimate of drug-likeness (QED) is 0.652. The Morgan fingerprint density at radius 3 is 2.21 bits per heavy atom. The predicted molar refractivity (Wildman–Crippen MR) is 119 cm³/mol. The lowest BCUT2D eigenvalue weighted by atomic mass is 9.83. The van der Waals surface area contributed by atoms with E-state index in [1.807, 2.05) is 37.3 Å². The standard InChI is InChI=1S/C25H34N2O2/c1-7-12-22(25(4,5)6)27(26-23(28)20-13-10-9-11-14-20)24(29)21-16-18(3)15-19(8-2)17-21/h9-11,13-17,22H,7-8,12H2,1-6H3,(H,26,28)/t22-/m0/s1. The molecule has 0 unspecified atom stereocenters. The zero-order chi connectivity index (χ0) is 21.6. The fourth-order valence-corrected chi connectivity index (χ4v) is 3.59. The van der Waals surface area contributed by atoms with Gasteiger partial charge in [0.25, 0.3) is 11.8 Å². The maximum Gasteiger partial charge on any atom is 0.272 e. The molecule has 0 heterocycles. The van der Waals surface area contributed by atoms with E-state index in [4.69, 9.17) is 0 Å². The lowest BCUT2D eigenvalue weighted by molar-refractivity contribution is 0.0271. The van der Waals surface area contributed by atoms with Gasteiger partial charge in [-0.05, 0) is 55.0 Å². The van der Waals surface area contributed by atoms with E-state index >= 15 is 0 Å². The average Bonchev–Trinajstić information content (AvgIpc) is 2.69. The fourth-order valence-electron chi connectivity index (χ4n) is 3.59. The van der Waals surface area contributed by atoms with Gasteiger partial charge in [-0.3, -0.25) is 15.0 Å².